The van der Waals surface area contributed by atoms with E-state index in [1.807, 2.05) is 0 Å². The van der Waals surface area contributed by atoms with E-state index < -0.39 is 11.5 Å². The highest BCUT2D eigenvalue weighted by molar-refractivity contribution is 5.81. The number of carbonyl (C=O) groups is 1. The number of piperidine rings is 1. The molecule has 1 aliphatic heterocycles. The second-order valence-corrected chi connectivity index (χ2v) is 4.14. The van der Waals surface area contributed by atoms with Gasteiger partial charge in [-0.1, -0.05) is 12.1 Å². The molecular formula is C12H15NO3. The Morgan fingerprint density at radius 2 is 2.19 bits per heavy atom. The van der Waals surface area contributed by atoms with Crippen molar-refractivity contribution in [3.05, 3.63) is 29.8 Å². The lowest BCUT2D eigenvalue weighted by Crippen LogP contribution is -2.51. The van der Waals surface area contributed by atoms with E-state index in [4.69, 9.17) is 0 Å². The van der Waals surface area contributed by atoms with Crippen molar-refractivity contribution in [3.8, 4) is 5.75 Å². The fourth-order valence-electron chi connectivity index (χ4n) is 2.23. The maximum absolute atomic E-state index is 11.4. The Labute approximate surface area is 93.9 Å². The first kappa shape index (κ1) is 11.0. The highest BCUT2D eigenvalue weighted by Gasteiger charge is 2.41. The largest absolute Gasteiger partial charge is 0.508 e. The second kappa shape index (κ2) is 4.14. The molecule has 0 radical (unpaired) electrons. The monoisotopic (exact) mass is 221 g/mol. The van der Waals surface area contributed by atoms with E-state index in [0.29, 0.717) is 18.5 Å². The molecule has 4 heteroatoms. The Bertz CT molecular complexity index is 397. The first-order valence-corrected chi connectivity index (χ1v) is 5.43. The van der Waals surface area contributed by atoms with Gasteiger partial charge in [-0.15, -0.1) is 0 Å². The molecule has 1 aromatic rings. The zero-order valence-corrected chi connectivity index (χ0v) is 8.94. The molecule has 2 rings (SSSR count). The van der Waals surface area contributed by atoms with E-state index in [1.165, 1.54) is 6.07 Å². The SMILES string of the molecule is O=C(O)C1(c2cccc(O)c2)CCCCN1. The summed E-state index contributed by atoms with van der Waals surface area (Å²) in [5, 5.41) is 21.9. The molecule has 3 N–H and O–H groups in total. The predicted octanol–water partition coefficient (Wildman–Crippen LogP) is 1.45. The Kier molecular flexibility index (Phi) is 2.83. The summed E-state index contributed by atoms with van der Waals surface area (Å²) in [4.78, 5) is 11.4. The van der Waals surface area contributed by atoms with Crippen molar-refractivity contribution in [2.24, 2.45) is 0 Å². The van der Waals surface area contributed by atoms with Crippen LogP contribution in [0, 0.1) is 0 Å². The lowest BCUT2D eigenvalue weighted by atomic mass is 9.82. The van der Waals surface area contributed by atoms with Gasteiger partial charge in [-0.3, -0.25) is 5.32 Å². The number of carboxylic acids is 1. The van der Waals surface area contributed by atoms with Gasteiger partial charge in [-0.25, -0.2) is 4.79 Å². The minimum absolute atomic E-state index is 0.102. The molecule has 16 heavy (non-hydrogen) atoms. The van der Waals surface area contributed by atoms with Gasteiger partial charge >= 0.3 is 5.97 Å². The van der Waals surface area contributed by atoms with Gasteiger partial charge in [0.2, 0.25) is 0 Å². The first-order chi connectivity index (χ1) is 7.65. The quantitative estimate of drug-likeness (QED) is 0.707. The van der Waals surface area contributed by atoms with Gasteiger partial charge < -0.3 is 10.2 Å². The number of rotatable bonds is 2. The average molecular weight is 221 g/mol. The van der Waals surface area contributed by atoms with Gasteiger partial charge in [-0.2, -0.15) is 0 Å². The molecule has 1 aliphatic rings. The van der Waals surface area contributed by atoms with Crippen LogP contribution in [0.4, 0.5) is 0 Å². The molecule has 1 fully saturated rings. The van der Waals surface area contributed by atoms with Crippen LogP contribution in [0.5, 0.6) is 5.75 Å². The van der Waals surface area contributed by atoms with Crippen molar-refractivity contribution < 1.29 is 15.0 Å². The molecule has 1 unspecified atom stereocenters. The Morgan fingerprint density at radius 1 is 1.38 bits per heavy atom. The predicted molar refractivity (Wildman–Crippen MR) is 59.3 cm³/mol. The van der Waals surface area contributed by atoms with Crippen LogP contribution < -0.4 is 5.32 Å². The first-order valence-electron chi connectivity index (χ1n) is 5.43. The van der Waals surface area contributed by atoms with Crippen molar-refractivity contribution in [2.75, 3.05) is 6.54 Å². The summed E-state index contributed by atoms with van der Waals surface area (Å²) in [5.41, 5.74) is -0.406. The molecule has 1 aromatic carbocycles. The highest BCUT2D eigenvalue weighted by Crippen LogP contribution is 2.32. The number of aromatic hydroxyl groups is 1. The zero-order valence-electron chi connectivity index (χ0n) is 8.94. The molecule has 1 heterocycles. The maximum atomic E-state index is 11.4. The van der Waals surface area contributed by atoms with Crippen molar-refractivity contribution in [3.63, 3.8) is 0 Å². The summed E-state index contributed by atoms with van der Waals surface area (Å²) in [7, 11) is 0. The van der Waals surface area contributed by atoms with Crippen molar-refractivity contribution in [1.82, 2.24) is 5.32 Å². The Hall–Kier alpha value is -1.55. The van der Waals surface area contributed by atoms with E-state index >= 15 is 0 Å². The minimum Gasteiger partial charge on any atom is -0.508 e. The minimum atomic E-state index is -1.03. The Morgan fingerprint density at radius 3 is 2.75 bits per heavy atom. The fraction of sp³-hybridized carbons (Fsp3) is 0.417. The highest BCUT2D eigenvalue weighted by atomic mass is 16.4. The molecule has 0 saturated carbocycles. The number of hydrogen-bond acceptors (Lipinski definition) is 3. The number of nitrogens with one attached hydrogen (secondary N) is 1. The smallest absolute Gasteiger partial charge is 0.328 e. The molecule has 0 spiro atoms. The van der Waals surface area contributed by atoms with Gasteiger partial charge in [0.1, 0.15) is 11.3 Å². The molecule has 1 saturated heterocycles. The standard InChI is InChI=1S/C12H15NO3/c14-10-5-3-4-9(8-10)12(11(15)16)6-1-2-7-13-12/h3-5,8,13-14H,1-2,6-7H2,(H,15,16). The molecule has 1 atom stereocenters. The van der Waals surface area contributed by atoms with Crippen LogP contribution >= 0.6 is 0 Å². The van der Waals surface area contributed by atoms with Crippen molar-refractivity contribution >= 4 is 5.97 Å². The maximum Gasteiger partial charge on any atom is 0.328 e. The zero-order chi connectivity index (χ0) is 11.6. The van der Waals surface area contributed by atoms with Gasteiger partial charge in [0, 0.05) is 0 Å². The number of phenols is 1. The van der Waals surface area contributed by atoms with Crippen LogP contribution in [0.3, 0.4) is 0 Å². The van der Waals surface area contributed by atoms with Crippen LogP contribution in [0.2, 0.25) is 0 Å². The van der Waals surface area contributed by atoms with Crippen LogP contribution in [0.15, 0.2) is 24.3 Å². The van der Waals surface area contributed by atoms with Crippen LogP contribution in [-0.2, 0) is 10.3 Å². The van der Waals surface area contributed by atoms with Crippen molar-refractivity contribution in [2.45, 2.75) is 24.8 Å². The summed E-state index contributed by atoms with van der Waals surface area (Å²) >= 11 is 0. The molecule has 0 bridgehead atoms. The topological polar surface area (TPSA) is 69.6 Å². The Balaban J connectivity index is 2.42. The van der Waals surface area contributed by atoms with Crippen molar-refractivity contribution in [1.29, 1.82) is 0 Å². The molecule has 0 amide bonds. The van der Waals surface area contributed by atoms with E-state index in [0.717, 1.165) is 12.8 Å². The summed E-state index contributed by atoms with van der Waals surface area (Å²) in [6, 6.07) is 6.48. The molecular weight excluding hydrogens is 206 g/mol. The fourth-order valence-corrected chi connectivity index (χ4v) is 2.23. The lowest BCUT2D eigenvalue weighted by molar-refractivity contribution is -0.146. The van der Waals surface area contributed by atoms with Crippen LogP contribution in [0.1, 0.15) is 24.8 Å². The van der Waals surface area contributed by atoms with Gasteiger partial charge in [-0.05, 0) is 43.5 Å². The van der Waals surface area contributed by atoms with E-state index in [-0.39, 0.29) is 5.75 Å². The van der Waals surface area contributed by atoms with E-state index in [9.17, 15) is 15.0 Å². The number of aliphatic carboxylic acids is 1. The van der Waals surface area contributed by atoms with Gasteiger partial charge in [0.15, 0.2) is 0 Å². The molecule has 0 aromatic heterocycles. The van der Waals surface area contributed by atoms with Gasteiger partial charge in [0.05, 0.1) is 0 Å². The van der Waals surface area contributed by atoms with E-state index in [2.05, 4.69) is 5.32 Å². The van der Waals surface area contributed by atoms with Crippen LogP contribution in [0.25, 0.3) is 0 Å². The normalized spacial score (nSPS) is 25.2. The third-order valence-electron chi connectivity index (χ3n) is 3.11. The lowest BCUT2D eigenvalue weighted by Gasteiger charge is -2.34. The summed E-state index contributed by atoms with van der Waals surface area (Å²) in [5.74, 6) is -0.775. The molecule has 0 aliphatic carbocycles. The summed E-state index contributed by atoms with van der Waals surface area (Å²) in [6.07, 6.45) is 2.44. The van der Waals surface area contributed by atoms with E-state index in [1.54, 1.807) is 18.2 Å². The summed E-state index contributed by atoms with van der Waals surface area (Å²) in [6.45, 7) is 0.696. The third kappa shape index (κ3) is 1.76. The number of carboxylic acid groups (broad SMARTS) is 1. The van der Waals surface area contributed by atoms with Gasteiger partial charge in [0.25, 0.3) is 0 Å². The third-order valence-corrected chi connectivity index (χ3v) is 3.11. The number of hydrogen-bond donors (Lipinski definition) is 3. The number of benzene rings is 1. The number of phenolic OH excluding ortho intramolecular Hbond substituents is 1. The average Bonchev–Trinajstić information content (AvgIpc) is 2.30. The molecule has 4 nitrogen and oxygen atoms in total. The summed E-state index contributed by atoms with van der Waals surface area (Å²) < 4.78 is 0. The van der Waals surface area contributed by atoms with Crippen LogP contribution in [-0.4, -0.2) is 22.7 Å². The molecule has 86 valence electrons. The second-order valence-electron chi connectivity index (χ2n) is 4.14.